The maximum absolute atomic E-state index is 14.1. The van der Waals surface area contributed by atoms with Crippen molar-refractivity contribution in [1.82, 2.24) is 4.98 Å². The lowest BCUT2D eigenvalue weighted by Crippen LogP contribution is -2.50. The first-order valence-electron chi connectivity index (χ1n) is 6.63. The molecular weight excluding hydrogens is 376 g/mol. The molecule has 2 amide bonds. The standard InChI is InChI=1S/C14H12BrF2N3OS/c1-8-7-22-13(18-8)20-4-2-3-19(14(20)21)12-6-10(16)9(15)5-11(12)17/h5-7H,2-4H2,1H3. The first kappa shape index (κ1) is 15.4. The molecule has 2 heterocycles. The number of hydrogen-bond acceptors (Lipinski definition) is 3. The number of anilines is 2. The molecule has 1 fully saturated rings. The van der Waals surface area contributed by atoms with Gasteiger partial charge in [0.25, 0.3) is 0 Å². The number of carbonyl (C=O) groups is 1. The molecule has 116 valence electrons. The first-order valence-corrected chi connectivity index (χ1v) is 8.30. The lowest BCUT2D eigenvalue weighted by molar-refractivity contribution is 0.248. The second-order valence-electron chi connectivity index (χ2n) is 4.93. The molecule has 8 heteroatoms. The maximum Gasteiger partial charge on any atom is 0.330 e. The van der Waals surface area contributed by atoms with Crippen LogP contribution < -0.4 is 9.80 Å². The zero-order valence-electron chi connectivity index (χ0n) is 11.6. The van der Waals surface area contributed by atoms with E-state index >= 15 is 0 Å². The normalized spacial score (nSPS) is 15.5. The van der Waals surface area contributed by atoms with Crippen LogP contribution in [0.25, 0.3) is 0 Å². The summed E-state index contributed by atoms with van der Waals surface area (Å²) in [5, 5.41) is 2.42. The number of amides is 2. The van der Waals surface area contributed by atoms with Gasteiger partial charge < -0.3 is 0 Å². The average molecular weight is 388 g/mol. The highest BCUT2D eigenvalue weighted by Gasteiger charge is 2.31. The predicted octanol–water partition coefficient (Wildman–Crippen LogP) is 4.33. The Morgan fingerprint density at radius 1 is 1.23 bits per heavy atom. The smallest absolute Gasteiger partial charge is 0.291 e. The first-order chi connectivity index (χ1) is 10.5. The van der Waals surface area contributed by atoms with Gasteiger partial charge in [0.1, 0.15) is 11.6 Å². The molecule has 0 N–H and O–H groups in total. The van der Waals surface area contributed by atoms with Crippen LogP contribution in [-0.2, 0) is 0 Å². The molecule has 0 saturated carbocycles. The third-order valence-corrected chi connectivity index (χ3v) is 4.93. The number of halogens is 3. The van der Waals surface area contributed by atoms with Gasteiger partial charge in [0, 0.05) is 24.5 Å². The second kappa shape index (κ2) is 5.92. The quantitative estimate of drug-likeness (QED) is 0.719. The van der Waals surface area contributed by atoms with Gasteiger partial charge in [0.15, 0.2) is 5.13 Å². The van der Waals surface area contributed by atoms with E-state index in [2.05, 4.69) is 20.9 Å². The van der Waals surface area contributed by atoms with Crippen molar-refractivity contribution in [2.24, 2.45) is 0 Å². The summed E-state index contributed by atoms with van der Waals surface area (Å²) >= 11 is 4.29. The summed E-state index contributed by atoms with van der Waals surface area (Å²) in [7, 11) is 0. The molecule has 22 heavy (non-hydrogen) atoms. The molecule has 0 radical (unpaired) electrons. The summed E-state index contributed by atoms with van der Waals surface area (Å²) in [6.45, 7) is 2.70. The van der Waals surface area contributed by atoms with E-state index < -0.39 is 11.6 Å². The molecule has 0 spiro atoms. The van der Waals surface area contributed by atoms with Gasteiger partial charge in [0.05, 0.1) is 15.9 Å². The number of thiazole rings is 1. The van der Waals surface area contributed by atoms with E-state index in [0.29, 0.717) is 24.6 Å². The van der Waals surface area contributed by atoms with Crippen molar-refractivity contribution in [3.05, 3.63) is 39.3 Å². The number of aryl methyl sites for hydroxylation is 1. The van der Waals surface area contributed by atoms with Crippen LogP contribution in [0.15, 0.2) is 22.0 Å². The Labute approximate surface area is 138 Å². The van der Waals surface area contributed by atoms with E-state index in [1.54, 1.807) is 0 Å². The predicted molar refractivity (Wildman–Crippen MR) is 85.6 cm³/mol. The van der Waals surface area contributed by atoms with E-state index in [1.165, 1.54) is 21.1 Å². The Morgan fingerprint density at radius 3 is 2.64 bits per heavy atom. The van der Waals surface area contributed by atoms with Crippen molar-refractivity contribution in [3.63, 3.8) is 0 Å². The number of carbonyl (C=O) groups excluding carboxylic acids is 1. The van der Waals surface area contributed by atoms with Crippen LogP contribution in [0.4, 0.5) is 24.4 Å². The minimum absolute atomic E-state index is 0.0330. The van der Waals surface area contributed by atoms with E-state index in [1.807, 2.05) is 12.3 Å². The van der Waals surface area contributed by atoms with Gasteiger partial charge in [-0.3, -0.25) is 9.80 Å². The van der Waals surface area contributed by atoms with Crippen molar-refractivity contribution < 1.29 is 13.6 Å². The zero-order chi connectivity index (χ0) is 15.9. The summed E-state index contributed by atoms with van der Waals surface area (Å²) in [6, 6.07) is 1.68. The summed E-state index contributed by atoms with van der Waals surface area (Å²) in [4.78, 5) is 19.6. The lowest BCUT2D eigenvalue weighted by Gasteiger charge is -2.34. The van der Waals surface area contributed by atoms with Crippen LogP contribution in [0.5, 0.6) is 0 Å². The molecule has 2 aromatic rings. The molecule has 0 bridgehead atoms. The van der Waals surface area contributed by atoms with Gasteiger partial charge in [-0.1, -0.05) is 0 Å². The van der Waals surface area contributed by atoms with Crippen molar-refractivity contribution in [2.45, 2.75) is 13.3 Å². The highest BCUT2D eigenvalue weighted by Crippen LogP contribution is 2.31. The fraction of sp³-hybridized carbons (Fsp3) is 0.286. The Hall–Kier alpha value is -1.54. The van der Waals surface area contributed by atoms with Crippen LogP contribution in [0.3, 0.4) is 0 Å². The maximum atomic E-state index is 14.1. The molecule has 4 nitrogen and oxygen atoms in total. The number of aromatic nitrogens is 1. The molecule has 1 aliphatic heterocycles. The number of rotatable bonds is 2. The summed E-state index contributed by atoms with van der Waals surface area (Å²) in [6.07, 6.45) is 0.654. The van der Waals surface area contributed by atoms with Crippen LogP contribution >= 0.6 is 27.3 Å². The van der Waals surface area contributed by atoms with Gasteiger partial charge in [0.2, 0.25) is 0 Å². The van der Waals surface area contributed by atoms with Crippen molar-refractivity contribution >= 4 is 44.1 Å². The number of urea groups is 1. The van der Waals surface area contributed by atoms with Gasteiger partial charge in [-0.25, -0.2) is 18.6 Å². The minimum Gasteiger partial charge on any atom is -0.291 e. The van der Waals surface area contributed by atoms with E-state index in [0.717, 1.165) is 17.8 Å². The molecule has 0 atom stereocenters. The minimum atomic E-state index is -0.640. The van der Waals surface area contributed by atoms with Crippen LogP contribution in [0, 0.1) is 18.6 Å². The molecule has 1 aromatic carbocycles. The van der Waals surface area contributed by atoms with Crippen LogP contribution in [0.1, 0.15) is 12.1 Å². The lowest BCUT2D eigenvalue weighted by atomic mass is 10.2. The molecule has 3 rings (SSSR count). The Bertz CT molecular complexity index is 737. The Morgan fingerprint density at radius 2 is 1.95 bits per heavy atom. The third-order valence-electron chi connectivity index (χ3n) is 3.34. The van der Waals surface area contributed by atoms with Crippen LogP contribution in [0.2, 0.25) is 0 Å². The van der Waals surface area contributed by atoms with Gasteiger partial charge >= 0.3 is 6.03 Å². The van der Waals surface area contributed by atoms with Crippen molar-refractivity contribution in [1.29, 1.82) is 0 Å². The molecular formula is C14H12BrF2N3OS. The molecule has 1 aromatic heterocycles. The van der Waals surface area contributed by atoms with Crippen LogP contribution in [-0.4, -0.2) is 24.1 Å². The third kappa shape index (κ3) is 2.72. The Kier molecular flexibility index (Phi) is 4.14. The summed E-state index contributed by atoms with van der Waals surface area (Å²) in [5.74, 6) is -1.25. The highest BCUT2D eigenvalue weighted by molar-refractivity contribution is 9.10. The van der Waals surface area contributed by atoms with E-state index in [-0.39, 0.29) is 16.2 Å². The fourth-order valence-electron chi connectivity index (χ4n) is 2.31. The molecule has 0 aliphatic carbocycles. The Balaban J connectivity index is 1.95. The number of nitrogens with zero attached hydrogens (tertiary/aromatic N) is 3. The fourth-order valence-corrected chi connectivity index (χ4v) is 3.45. The summed E-state index contributed by atoms with van der Waals surface area (Å²) < 4.78 is 27.8. The molecule has 1 aliphatic rings. The summed E-state index contributed by atoms with van der Waals surface area (Å²) in [5.41, 5.74) is 0.773. The van der Waals surface area contributed by atoms with Gasteiger partial charge in [-0.05, 0) is 35.3 Å². The van der Waals surface area contributed by atoms with E-state index in [4.69, 9.17) is 0 Å². The zero-order valence-corrected chi connectivity index (χ0v) is 14.0. The van der Waals surface area contributed by atoms with Crippen molar-refractivity contribution in [2.75, 3.05) is 22.9 Å². The largest absolute Gasteiger partial charge is 0.330 e. The molecule has 1 saturated heterocycles. The topological polar surface area (TPSA) is 36.4 Å². The van der Waals surface area contributed by atoms with E-state index in [9.17, 15) is 13.6 Å². The number of hydrogen-bond donors (Lipinski definition) is 0. The number of benzene rings is 1. The average Bonchev–Trinajstić information content (AvgIpc) is 2.90. The second-order valence-corrected chi connectivity index (χ2v) is 6.62. The van der Waals surface area contributed by atoms with Gasteiger partial charge in [-0.15, -0.1) is 11.3 Å². The highest BCUT2D eigenvalue weighted by atomic mass is 79.9. The SMILES string of the molecule is Cc1csc(N2CCCN(c3cc(F)c(Br)cc3F)C2=O)n1. The van der Waals surface area contributed by atoms with Crippen molar-refractivity contribution in [3.8, 4) is 0 Å². The monoisotopic (exact) mass is 387 g/mol. The van der Waals surface area contributed by atoms with Gasteiger partial charge in [-0.2, -0.15) is 0 Å². The molecule has 0 unspecified atom stereocenters.